The average Bonchev–Trinajstić information content (AvgIpc) is 3.18. The first-order valence-electron chi connectivity index (χ1n) is 9.29. The summed E-state index contributed by atoms with van der Waals surface area (Å²) < 4.78 is 0. The molecule has 1 unspecified atom stereocenters. The lowest BCUT2D eigenvalue weighted by atomic mass is 9.86. The van der Waals surface area contributed by atoms with Gasteiger partial charge in [-0.1, -0.05) is 79.3 Å². The van der Waals surface area contributed by atoms with Crippen LogP contribution in [0.2, 0.25) is 0 Å². The Morgan fingerprint density at radius 1 is 1.07 bits per heavy atom. The summed E-state index contributed by atoms with van der Waals surface area (Å²) in [5, 5.41) is 9.94. The average molecular weight is 397 g/mol. The van der Waals surface area contributed by atoms with Gasteiger partial charge < -0.3 is 10.0 Å². The van der Waals surface area contributed by atoms with Crippen LogP contribution >= 0.6 is 11.8 Å². The highest BCUT2D eigenvalue weighted by Crippen LogP contribution is 2.40. The fraction of sp³-hybridized carbons (Fsp3) is 0.318. The minimum absolute atomic E-state index is 0.0887. The Kier molecular flexibility index (Phi) is 6.19. The van der Waals surface area contributed by atoms with E-state index in [0.29, 0.717) is 36.3 Å². The number of carboxylic acids is 1. The smallest absolute Gasteiger partial charge is 0.334 e. The van der Waals surface area contributed by atoms with Crippen molar-refractivity contribution in [1.82, 2.24) is 4.90 Å². The van der Waals surface area contributed by atoms with E-state index in [1.807, 2.05) is 12.1 Å². The lowest BCUT2D eigenvalue weighted by Gasteiger charge is -2.36. The van der Waals surface area contributed by atoms with Gasteiger partial charge in [0.2, 0.25) is 11.0 Å². The monoisotopic (exact) mass is 397 g/mol. The van der Waals surface area contributed by atoms with E-state index >= 15 is 0 Å². The Balaban J connectivity index is 1.74. The second-order valence-electron chi connectivity index (χ2n) is 6.99. The molecule has 5 nitrogen and oxygen atoms in total. The molecule has 1 fully saturated rings. The zero-order valence-electron chi connectivity index (χ0n) is 15.7. The maximum atomic E-state index is 13.1. The largest absolute Gasteiger partial charge is 0.479 e. The number of benzene rings is 2. The number of rotatable bonds is 6. The van der Waals surface area contributed by atoms with Crippen LogP contribution in [-0.2, 0) is 15.1 Å². The Morgan fingerprint density at radius 3 is 2.29 bits per heavy atom. The first-order valence-corrected chi connectivity index (χ1v) is 10.3. The summed E-state index contributed by atoms with van der Waals surface area (Å²) in [5.41, 5.74) is -0.119. The molecule has 0 aliphatic carbocycles. The van der Waals surface area contributed by atoms with E-state index in [1.165, 1.54) is 4.90 Å². The molecule has 1 aliphatic rings. The molecule has 1 heterocycles. The number of hydrogen-bond acceptors (Lipinski definition) is 4. The van der Waals surface area contributed by atoms with Gasteiger partial charge in [-0.15, -0.1) is 0 Å². The van der Waals surface area contributed by atoms with E-state index in [1.54, 1.807) is 55.5 Å². The molecule has 2 atom stereocenters. The fourth-order valence-corrected chi connectivity index (χ4v) is 4.52. The van der Waals surface area contributed by atoms with Gasteiger partial charge in [0.25, 0.3) is 0 Å². The quantitative estimate of drug-likeness (QED) is 0.803. The summed E-state index contributed by atoms with van der Waals surface area (Å²) >= 11 is 1.10. The SMILES string of the molecule is CC(CSC(=O)c1ccccc1)C(=O)N1CCC[C@]1(C(=O)O)c1ccccc1. The molecule has 1 saturated heterocycles. The van der Waals surface area contributed by atoms with Gasteiger partial charge in [-0.2, -0.15) is 0 Å². The maximum absolute atomic E-state index is 13.1. The number of amides is 1. The second-order valence-corrected chi connectivity index (χ2v) is 7.98. The summed E-state index contributed by atoms with van der Waals surface area (Å²) in [6.45, 7) is 2.16. The highest BCUT2D eigenvalue weighted by atomic mass is 32.2. The highest BCUT2D eigenvalue weighted by molar-refractivity contribution is 8.14. The molecule has 0 bridgehead atoms. The zero-order valence-corrected chi connectivity index (χ0v) is 16.5. The number of nitrogens with zero attached hydrogens (tertiary/aromatic N) is 1. The third kappa shape index (κ3) is 3.83. The summed E-state index contributed by atoms with van der Waals surface area (Å²) in [6.07, 6.45) is 1.02. The van der Waals surface area contributed by atoms with Crippen LogP contribution in [0.5, 0.6) is 0 Å². The highest BCUT2D eigenvalue weighted by Gasteiger charge is 2.51. The van der Waals surface area contributed by atoms with E-state index in [9.17, 15) is 19.5 Å². The van der Waals surface area contributed by atoms with Crippen molar-refractivity contribution >= 4 is 28.8 Å². The number of carboxylic acid groups (broad SMARTS) is 1. The molecule has 1 aliphatic heterocycles. The van der Waals surface area contributed by atoms with E-state index in [2.05, 4.69) is 0 Å². The van der Waals surface area contributed by atoms with Crippen LogP contribution in [0.15, 0.2) is 60.7 Å². The molecular weight excluding hydrogens is 374 g/mol. The molecule has 2 aromatic rings. The Hall–Kier alpha value is -2.60. The Morgan fingerprint density at radius 2 is 1.68 bits per heavy atom. The van der Waals surface area contributed by atoms with Crippen molar-refractivity contribution < 1.29 is 19.5 Å². The van der Waals surface area contributed by atoms with Crippen molar-refractivity contribution in [3.63, 3.8) is 0 Å². The normalized spacial score (nSPS) is 20.0. The molecule has 1 N–H and O–H groups in total. The lowest BCUT2D eigenvalue weighted by molar-refractivity contribution is -0.158. The number of hydrogen-bond donors (Lipinski definition) is 1. The Bertz CT molecular complexity index is 855. The van der Waals surface area contributed by atoms with Crippen molar-refractivity contribution in [1.29, 1.82) is 0 Å². The minimum Gasteiger partial charge on any atom is -0.479 e. The molecule has 2 aromatic carbocycles. The van der Waals surface area contributed by atoms with Gasteiger partial charge in [0.1, 0.15) is 0 Å². The summed E-state index contributed by atoms with van der Waals surface area (Å²) in [7, 11) is 0. The van der Waals surface area contributed by atoms with Gasteiger partial charge in [-0.3, -0.25) is 9.59 Å². The fourth-order valence-electron chi connectivity index (χ4n) is 3.67. The summed E-state index contributed by atoms with van der Waals surface area (Å²) in [5.74, 6) is -1.38. The van der Waals surface area contributed by atoms with Crippen molar-refractivity contribution in [2.45, 2.75) is 25.3 Å². The number of aliphatic carboxylic acids is 1. The molecule has 0 aromatic heterocycles. The van der Waals surface area contributed by atoms with Gasteiger partial charge in [-0.05, 0) is 18.4 Å². The third-order valence-corrected chi connectivity index (χ3v) is 6.31. The molecule has 146 valence electrons. The van der Waals surface area contributed by atoms with Crippen LogP contribution in [0.4, 0.5) is 0 Å². The van der Waals surface area contributed by atoms with Gasteiger partial charge in [0.15, 0.2) is 5.54 Å². The minimum atomic E-state index is -1.33. The van der Waals surface area contributed by atoms with E-state index in [-0.39, 0.29) is 11.0 Å². The van der Waals surface area contributed by atoms with Gasteiger partial charge in [0, 0.05) is 23.8 Å². The number of thioether (sulfide) groups is 1. The summed E-state index contributed by atoms with van der Waals surface area (Å²) in [4.78, 5) is 39.2. The predicted octanol–water partition coefficient (Wildman–Crippen LogP) is 3.80. The molecule has 0 radical (unpaired) electrons. The van der Waals surface area contributed by atoms with Gasteiger partial charge in [-0.25, -0.2) is 4.79 Å². The van der Waals surface area contributed by atoms with Crippen LogP contribution in [-0.4, -0.2) is 39.3 Å². The van der Waals surface area contributed by atoms with Crippen molar-refractivity contribution in [3.8, 4) is 0 Å². The van der Waals surface area contributed by atoms with Crippen molar-refractivity contribution in [2.75, 3.05) is 12.3 Å². The van der Waals surface area contributed by atoms with Crippen LogP contribution in [0.25, 0.3) is 0 Å². The third-order valence-electron chi connectivity index (χ3n) is 5.15. The topological polar surface area (TPSA) is 74.7 Å². The van der Waals surface area contributed by atoms with E-state index in [0.717, 1.165) is 11.8 Å². The zero-order chi connectivity index (χ0) is 20.1. The van der Waals surface area contributed by atoms with Crippen LogP contribution in [0, 0.1) is 5.92 Å². The Labute approximate surface area is 168 Å². The lowest BCUT2D eigenvalue weighted by Crippen LogP contribution is -2.52. The first kappa shape index (κ1) is 20.1. The van der Waals surface area contributed by atoms with Gasteiger partial charge >= 0.3 is 5.97 Å². The molecular formula is C22H23NO4S. The molecule has 0 saturated carbocycles. The molecule has 3 rings (SSSR count). The number of carbonyl (C=O) groups is 3. The van der Waals surface area contributed by atoms with Crippen LogP contribution < -0.4 is 0 Å². The van der Waals surface area contributed by atoms with Crippen LogP contribution in [0.3, 0.4) is 0 Å². The summed E-state index contributed by atoms with van der Waals surface area (Å²) in [6, 6.07) is 17.9. The number of carbonyl (C=O) groups excluding carboxylic acids is 2. The second kappa shape index (κ2) is 8.61. The van der Waals surface area contributed by atoms with Crippen molar-refractivity contribution in [2.24, 2.45) is 5.92 Å². The first-order chi connectivity index (χ1) is 13.5. The van der Waals surface area contributed by atoms with E-state index in [4.69, 9.17) is 0 Å². The van der Waals surface area contributed by atoms with Crippen LogP contribution in [0.1, 0.15) is 35.7 Å². The molecule has 6 heteroatoms. The maximum Gasteiger partial charge on any atom is 0.334 e. The standard InChI is InChI=1S/C22H23NO4S/c1-16(15-28-20(25)17-9-4-2-5-10-17)19(24)23-14-8-13-22(23,21(26)27)18-11-6-3-7-12-18/h2-7,9-12,16H,8,13-15H2,1H3,(H,26,27)/t16?,22-/m1/s1. The molecule has 0 spiro atoms. The molecule has 28 heavy (non-hydrogen) atoms. The predicted molar refractivity (Wildman–Crippen MR) is 109 cm³/mol. The van der Waals surface area contributed by atoms with Crippen molar-refractivity contribution in [3.05, 3.63) is 71.8 Å². The van der Waals surface area contributed by atoms with E-state index < -0.39 is 17.4 Å². The number of likely N-dealkylation sites (tertiary alicyclic amines) is 1. The molecule has 1 amide bonds. The van der Waals surface area contributed by atoms with Gasteiger partial charge in [0.05, 0.1) is 0 Å².